The zero-order valence-corrected chi connectivity index (χ0v) is 17.0. The molecule has 0 fully saturated rings. The Balaban J connectivity index is 1.47. The average molecular weight is 432 g/mol. The lowest BCUT2D eigenvalue weighted by atomic mass is 10.2. The SMILES string of the molecule is COc1cc(N(O)O)ccc1NC(=O)NCCCNc1ccnc2cc(Cl)ccc12. The lowest BCUT2D eigenvalue weighted by Crippen LogP contribution is -2.30. The minimum Gasteiger partial charge on any atom is -0.494 e. The number of nitrogens with one attached hydrogen (secondary N) is 3. The molecule has 2 amide bonds. The predicted octanol–water partition coefficient (Wildman–Crippen LogP) is 4.11. The smallest absolute Gasteiger partial charge is 0.319 e. The van der Waals surface area contributed by atoms with E-state index in [1.807, 2.05) is 24.3 Å². The van der Waals surface area contributed by atoms with Crippen LogP contribution < -0.4 is 25.9 Å². The van der Waals surface area contributed by atoms with Crippen LogP contribution in [0.2, 0.25) is 5.02 Å². The zero-order valence-electron chi connectivity index (χ0n) is 16.2. The van der Waals surface area contributed by atoms with Crippen LogP contribution in [0, 0.1) is 0 Å². The highest BCUT2D eigenvalue weighted by Gasteiger charge is 2.10. The van der Waals surface area contributed by atoms with Crippen LogP contribution in [0.1, 0.15) is 6.42 Å². The quantitative estimate of drug-likeness (QED) is 0.269. The summed E-state index contributed by atoms with van der Waals surface area (Å²) in [5, 5.41) is 28.5. The van der Waals surface area contributed by atoms with E-state index < -0.39 is 6.03 Å². The third-order valence-electron chi connectivity index (χ3n) is 4.32. The van der Waals surface area contributed by atoms with Gasteiger partial charge in [0.05, 0.1) is 24.0 Å². The molecule has 1 aromatic heterocycles. The summed E-state index contributed by atoms with van der Waals surface area (Å²) in [4.78, 5) is 16.4. The molecule has 0 spiro atoms. The standard InChI is InChI=1S/C20H22ClN5O4/c1-30-19-12-14(26(28)29)4-6-17(19)25-20(27)24-9-2-8-22-16-7-10-23-18-11-13(21)3-5-15(16)18/h3-7,10-12,28-29H,2,8-9H2,1H3,(H,22,23)(H2,24,25,27). The van der Waals surface area contributed by atoms with Crippen molar-refractivity contribution in [1.82, 2.24) is 10.3 Å². The van der Waals surface area contributed by atoms with Crippen LogP contribution in [0.15, 0.2) is 48.7 Å². The molecule has 3 aromatic rings. The van der Waals surface area contributed by atoms with E-state index in [1.165, 1.54) is 25.3 Å². The summed E-state index contributed by atoms with van der Waals surface area (Å²) < 4.78 is 5.16. The first-order valence-electron chi connectivity index (χ1n) is 9.17. The molecule has 158 valence electrons. The highest BCUT2D eigenvalue weighted by Crippen LogP contribution is 2.29. The summed E-state index contributed by atoms with van der Waals surface area (Å²) in [6.45, 7) is 1.11. The molecule has 0 aliphatic rings. The molecule has 0 atom stereocenters. The van der Waals surface area contributed by atoms with E-state index in [1.54, 1.807) is 6.20 Å². The van der Waals surface area contributed by atoms with Crippen molar-refractivity contribution in [1.29, 1.82) is 0 Å². The van der Waals surface area contributed by atoms with Gasteiger partial charge in [-0.05, 0) is 42.8 Å². The first-order valence-corrected chi connectivity index (χ1v) is 9.54. The topological polar surface area (TPSA) is 119 Å². The third kappa shape index (κ3) is 5.41. The number of benzene rings is 2. The number of hydrogen-bond donors (Lipinski definition) is 5. The maximum absolute atomic E-state index is 12.1. The number of methoxy groups -OCH3 is 1. The highest BCUT2D eigenvalue weighted by molar-refractivity contribution is 6.31. The Morgan fingerprint density at radius 3 is 2.73 bits per heavy atom. The second-order valence-corrected chi connectivity index (χ2v) is 6.79. The molecule has 10 heteroatoms. The van der Waals surface area contributed by atoms with E-state index in [9.17, 15) is 4.79 Å². The zero-order chi connectivity index (χ0) is 21.5. The number of fused-ring (bicyclic) bond motifs is 1. The second-order valence-electron chi connectivity index (χ2n) is 6.36. The number of pyridine rings is 1. The summed E-state index contributed by atoms with van der Waals surface area (Å²) in [6.07, 6.45) is 2.42. The van der Waals surface area contributed by atoms with E-state index in [0.29, 0.717) is 36.0 Å². The molecular weight excluding hydrogens is 410 g/mol. The van der Waals surface area contributed by atoms with E-state index in [-0.39, 0.29) is 10.9 Å². The number of rotatable bonds is 8. The van der Waals surface area contributed by atoms with Gasteiger partial charge in [0.2, 0.25) is 0 Å². The van der Waals surface area contributed by atoms with Crippen LogP contribution in [0.4, 0.5) is 21.9 Å². The number of carbonyl (C=O) groups excluding carboxylic acids is 1. The lowest BCUT2D eigenvalue weighted by molar-refractivity contribution is 0.0290. The van der Waals surface area contributed by atoms with E-state index in [0.717, 1.165) is 16.6 Å². The monoisotopic (exact) mass is 431 g/mol. The van der Waals surface area contributed by atoms with Crippen LogP contribution in [-0.2, 0) is 0 Å². The van der Waals surface area contributed by atoms with Crippen molar-refractivity contribution >= 4 is 45.6 Å². The number of urea groups is 1. The molecule has 9 nitrogen and oxygen atoms in total. The molecule has 30 heavy (non-hydrogen) atoms. The van der Waals surface area contributed by atoms with Gasteiger partial charge in [-0.1, -0.05) is 11.6 Å². The van der Waals surface area contributed by atoms with Gasteiger partial charge in [-0.3, -0.25) is 15.4 Å². The van der Waals surface area contributed by atoms with E-state index in [2.05, 4.69) is 20.9 Å². The molecule has 0 bridgehead atoms. The molecule has 3 rings (SSSR count). The molecule has 5 N–H and O–H groups in total. The molecular formula is C20H22ClN5O4. The minimum absolute atomic E-state index is 0.0278. The average Bonchev–Trinajstić information content (AvgIpc) is 2.73. The number of amides is 2. The van der Waals surface area contributed by atoms with Crippen LogP contribution in [0.5, 0.6) is 5.75 Å². The highest BCUT2D eigenvalue weighted by atomic mass is 35.5. The first-order chi connectivity index (χ1) is 14.5. The fourth-order valence-corrected chi connectivity index (χ4v) is 3.03. The Morgan fingerprint density at radius 1 is 1.13 bits per heavy atom. The number of anilines is 3. The third-order valence-corrected chi connectivity index (χ3v) is 4.56. The number of hydrogen-bond acceptors (Lipinski definition) is 7. The molecule has 0 unspecified atom stereocenters. The van der Waals surface area contributed by atoms with Crippen LogP contribution in [0.25, 0.3) is 10.9 Å². The van der Waals surface area contributed by atoms with Gasteiger partial charge >= 0.3 is 6.03 Å². The van der Waals surface area contributed by atoms with Gasteiger partial charge in [0, 0.05) is 41.4 Å². The summed E-state index contributed by atoms with van der Waals surface area (Å²) in [5.41, 5.74) is 2.28. The van der Waals surface area contributed by atoms with Crippen LogP contribution in [0.3, 0.4) is 0 Å². The Bertz CT molecular complexity index is 1030. The van der Waals surface area contributed by atoms with Gasteiger partial charge in [-0.2, -0.15) is 0 Å². The number of ether oxygens (including phenoxy) is 1. The van der Waals surface area contributed by atoms with Gasteiger partial charge in [0.1, 0.15) is 5.75 Å². The number of carbonyl (C=O) groups is 1. The largest absolute Gasteiger partial charge is 0.494 e. The summed E-state index contributed by atoms with van der Waals surface area (Å²) in [7, 11) is 1.42. The molecule has 0 saturated carbocycles. The fraction of sp³-hybridized carbons (Fsp3) is 0.200. The fourth-order valence-electron chi connectivity index (χ4n) is 2.86. The molecule has 0 saturated heterocycles. The second kappa shape index (κ2) is 9.97. The number of halogens is 1. The van der Waals surface area contributed by atoms with E-state index in [4.69, 9.17) is 26.8 Å². The normalized spacial score (nSPS) is 10.5. The van der Waals surface area contributed by atoms with Gasteiger partial charge in [-0.25, -0.2) is 4.79 Å². The van der Waals surface area contributed by atoms with Crippen molar-refractivity contribution in [3.05, 3.63) is 53.7 Å². The summed E-state index contributed by atoms with van der Waals surface area (Å²) in [5.74, 6) is 0.294. The van der Waals surface area contributed by atoms with Crippen LogP contribution in [-0.4, -0.2) is 41.6 Å². The summed E-state index contributed by atoms with van der Waals surface area (Å²) >= 11 is 6.01. The van der Waals surface area contributed by atoms with Gasteiger partial charge in [0.25, 0.3) is 0 Å². The Labute approximate surface area is 178 Å². The maximum atomic E-state index is 12.1. The Hall–Kier alpha value is -3.27. The maximum Gasteiger partial charge on any atom is 0.319 e. The van der Waals surface area contributed by atoms with Crippen molar-refractivity contribution in [2.45, 2.75) is 6.42 Å². The molecule has 0 radical (unpaired) electrons. The van der Waals surface area contributed by atoms with Gasteiger partial charge < -0.3 is 20.7 Å². The first kappa shape index (κ1) is 21.4. The van der Waals surface area contributed by atoms with Crippen LogP contribution >= 0.6 is 11.6 Å². The number of nitrogens with zero attached hydrogens (tertiary/aromatic N) is 2. The molecule has 0 aliphatic heterocycles. The lowest BCUT2D eigenvalue weighted by Gasteiger charge is -2.14. The summed E-state index contributed by atoms with van der Waals surface area (Å²) in [6, 6.07) is 11.4. The minimum atomic E-state index is -0.394. The van der Waals surface area contributed by atoms with Crippen molar-refractivity contribution in [2.24, 2.45) is 0 Å². The molecule has 0 aliphatic carbocycles. The Morgan fingerprint density at radius 2 is 1.97 bits per heavy atom. The molecule has 1 heterocycles. The Kier molecular flexibility index (Phi) is 7.12. The number of aromatic nitrogens is 1. The predicted molar refractivity (Wildman–Crippen MR) is 116 cm³/mol. The van der Waals surface area contributed by atoms with E-state index >= 15 is 0 Å². The van der Waals surface area contributed by atoms with Gasteiger partial charge in [0.15, 0.2) is 0 Å². The van der Waals surface area contributed by atoms with Crippen molar-refractivity contribution in [2.75, 3.05) is 36.1 Å². The van der Waals surface area contributed by atoms with Crippen molar-refractivity contribution < 1.29 is 19.9 Å². The van der Waals surface area contributed by atoms with Crippen molar-refractivity contribution in [3.63, 3.8) is 0 Å². The van der Waals surface area contributed by atoms with Gasteiger partial charge in [-0.15, -0.1) is 5.23 Å². The van der Waals surface area contributed by atoms with Crippen molar-refractivity contribution in [3.8, 4) is 5.75 Å². The molecule has 2 aromatic carbocycles.